The number of anilines is 3. The summed E-state index contributed by atoms with van der Waals surface area (Å²) >= 11 is 0. The van der Waals surface area contributed by atoms with E-state index < -0.39 is 18.8 Å². The number of aromatic nitrogens is 3. The molecule has 2 aromatic carbocycles. The lowest BCUT2D eigenvalue weighted by molar-refractivity contribution is -0.876. The number of alkyl halides is 3. The highest BCUT2D eigenvalue weighted by Crippen LogP contribution is 2.28. The van der Waals surface area contributed by atoms with Gasteiger partial charge in [-0.15, -0.1) is 0 Å². The molecule has 0 unspecified atom stereocenters. The van der Waals surface area contributed by atoms with Crippen LogP contribution in [0, 0.1) is 5.41 Å². The fourth-order valence-corrected chi connectivity index (χ4v) is 5.31. The molecular formula is C33H45F3N7O4+. The lowest BCUT2D eigenvalue weighted by Crippen LogP contribution is -2.47. The van der Waals surface area contributed by atoms with Gasteiger partial charge in [-0.25, -0.2) is 0 Å². The van der Waals surface area contributed by atoms with Crippen LogP contribution in [0.2, 0.25) is 0 Å². The molecule has 11 nitrogen and oxygen atoms in total. The minimum absolute atomic E-state index is 0.00913. The number of fused-ring (bicyclic) bond motifs is 10. The Kier molecular flexibility index (Phi) is 11.7. The van der Waals surface area contributed by atoms with Gasteiger partial charge < -0.3 is 34.6 Å². The molecule has 256 valence electrons. The average molecular weight is 661 g/mol. The largest absolute Gasteiger partial charge is 0.494 e. The van der Waals surface area contributed by atoms with Crippen molar-refractivity contribution in [3.05, 3.63) is 53.6 Å². The first-order valence-electron chi connectivity index (χ1n) is 15.7. The number of carbonyl (C=O) groups is 1. The summed E-state index contributed by atoms with van der Waals surface area (Å²) in [6, 6.07) is 11.9. The van der Waals surface area contributed by atoms with Gasteiger partial charge in [0.1, 0.15) is 11.5 Å². The van der Waals surface area contributed by atoms with E-state index in [1.807, 2.05) is 24.3 Å². The molecule has 0 aliphatic carbocycles. The van der Waals surface area contributed by atoms with E-state index in [4.69, 9.17) is 14.2 Å². The van der Waals surface area contributed by atoms with Crippen LogP contribution >= 0.6 is 0 Å². The molecule has 0 spiro atoms. The molecule has 47 heavy (non-hydrogen) atoms. The van der Waals surface area contributed by atoms with Gasteiger partial charge in [0, 0.05) is 30.3 Å². The lowest BCUT2D eigenvalue weighted by atomic mass is 9.92. The van der Waals surface area contributed by atoms with Gasteiger partial charge in [-0.3, -0.25) is 4.79 Å². The predicted molar refractivity (Wildman–Crippen MR) is 173 cm³/mol. The Morgan fingerprint density at radius 2 is 1.62 bits per heavy atom. The van der Waals surface area contributed by atoms with E-state index in [1.54, 1.807) is 18.2 Å². The van der Waals surface area contributed by atoms with Crippen molar-refractivity contribution in [2.24, 2.45) is 5.41 Å². The highest BCUT2D eigenvalue weighted by molar-refractivity contribution is 5.97. The van der Waals surface area contributed by atoms with E-state index >= 15 is 0 Å². The van der Waals surface area contributed by atoms with E-state index in [0.717, 1.165) is 48.0 Å². The molecule has 0 saturated heterocycles. The van der Waals surface area contributed by atoms with Gasteiger partial charge in [-0.2, -0.15) is 28.1 Å². The maximum Gasteiger partial charge on any atom is 0.422 e. The number of amides is 1. The van der Waals surface area contributed by atoms with Gasteiger partial charge in [-0.1, -0.05) is 26.0 Å². The van der Waals surface area contributed by atoms with Crippen molar-refractivity contribution in [3.8, 4) is 17.5 Å². The number of benzene rings is 2. The van der Waals surface area contributed by atoms with Crippen LogP contribution in [0.15, 0.2) is 42.5 Å². The van der Waals surface area contributed by atoms with Crippen molar-refractivity contribution in [2.45, 2.75) is 52.3 Å². The molecular weight excluding hydrogens is 615 g/mol. The van der Waals surface area contributed by atoms with E-state index in [2.05, 4.69) is 65.9 Å². The van der Waals surface area contributed by atoms with Gasteiger partial charge in [0.25, 0.3) is 5.91 Å². The number of ether oxygens (including phenoxy) is 3. The summed E-state index contributed by atoms with van der Waals surface area (Å²) in [6.07, 6.45) is -1.05. The second-order valence-corrected chi connectivity index (χ2v) is 13.4. The van der Waals surface area contributed by atoms with E-state index in [9.17, 15) is 18.0 Å². The summed E-state index contributed by atoms with van der Waals surface area (Å²) < 4.78 is 56.4. The van der Waals surface area contributed by atoms with Gasteiger partial charge >= 0.3 is 12.2 Å². The van der Waals surface area contributed by atoms with E-state index in [-0.39, 0.29) is 29.8 Å². The molecule has 1 amide bonds. The summed E-state index contributed by atoms with van der Waals surface area (Å²) in [7, 11) is 6.33. The molecule has 14 heteroatoms. The number of carbonyl (C=O) groups excluding carboxylic acids is 1. The van der Waals surface area contributed by atoms with Gasteiger partial charge in [0.2, 0.25) is 11.9 Å². The Balaban J connectivity index is 1.60. The van der Waals surface area contributed by atoms with Crippen LogP contribution in [0.25, 0.3) is 0 Å². The minimum atomic E-state index is -4.58. The van der Waals surface area contributed by atoms with Crippen molar-refractivity contribution in [1.29, 1.82) is 0 Å². The average Bonchev–Trinajstić information content (AvgIpc) is 2.98. The fraction of sp³-hybridized carbons (Fsp3) is 0.515. The zero-order valence-electron chi connectivity index (χ0n) is 27.7. The third kappa shape index (κ3) is 12.4. The molecule has 3 N–H and O–H groups in total. The van der Waals surface area contributed by atoms with E-state index in [1.165, 1.54) is 0 Å². The number of hydrogen-bond donors (Lipinski definition) is 3. The quantitative estimate of drug-likeness (QED) is 0.264. The molecule has 0 saturated carbocycles. The van der Waals surface area contributed by atoms with Gasteiger partial charge in [0.05, 0.1) is 46.5 Å². The third-order valence-electron chi connectivity index (χ3n) is 7.03. The monoisotopic (exact) mass is 660 g/mol. The molecule has 2 aliphatic heterocycles. The van der Waals surface area contributed by atoms with Crippen molar-refractivity contribution in [2.75, 3.05) is 64.7 Å². The zero-order chi connectivity index (χ0) is 34.1. The Morgan fingerprint density at radius 3 is 2.30 bits per heavy atom. The van der Waals surface area contributed by atoms with Crippen LogP contribution in [0.1, 0.15) is 55.5 Å². The zero-order valence-corrected chi connectivity index (χ0v) is 27.7. The summed E-state index contributed by atoms with van der Waals surface area (Å²) in [4.78, 5) is 25.8. The summed E-state index contributed by atoms with van der Waals surface area (Å²) in [5, 5.41) is 9.07. The second kappa shape index (κ2) is 15.5. The van der Waals surface area contributed by atoms with Crippen LogP contribution < -0.4 is 30.2 Å². The van der Waals surface area contributed by atoms with Gasteiger partial charge in [-0.05, 0) is 55.5 Å². The Hall–Kier alpha value is -4.33. The van der Waals surface area contributed by atoms with Crippen LogP contribution in [0.4, 0.5) is 30.8 Å². The van der Waals surface area contributed by atoms with Gasteiger partial charge in [0.15, 0.2) is 6.61 Å². The Bertz CT molecular complexity index is 1480. The maximum absolute atomic E-state index is 13.4. The van der Waals surface area contributed by atoms with Crippen LogP contribution in [0.3, 0.4) is 0 Å². The molecule has 2 aliphatic rings. The van der Waals surface area contributed by atoms with Crippen LogP contribution in [0.5, 0.6) is 17.5 Å². The molecule has 0 radical (unpaired) electrons. The number of halogens is 3. The highest BCUT2D eigenvalue weighted by atomic mass is 19.4. The van der Waals surface area contributed by atoms with Crippen LogP contribution in [-0.4, -0.2) is 85.6 Å². The summed E-state index contributed by atoms with van der Waals surface area (Å²) in [5.74, 6) is 0.774. The fourth-order valence-electron chi connectivity index (χ4n) is 5.31. The topological polar surface area (TPSA) is 120 Å². The van der Waals surface area contributed by atoms with E-state index in [0.29, 0.717) is 36.8 Å². The maximum atomic E-state index is 13.4. The second-order valence-electron chi connectivity index (χ2n) is 13.4. The van der Waals surface area contributed by atoms with Crippen molar-refractivity contribution in [1.82, 2.24) is 20.3 Å². The predicted octanol–water partition coefficient (Wildman–Crippen LogP) is 5.96. The smallest absolute Gasteiger partial charge is 0.422 e. The highest BCUT2D eigenvalue weighted by Gasteiger charge is 2.30. The number of nitrogens with one attached hydrogen (secondary N) is 3. The third-order valence-corrected chi connectivity index (χ3v) is 7.03. The standard InChI is InChI=1S/C33H44F3N7O4/c1-32(2,21-43(3,4)5)20-38-28(44)26-15-12-24-18-27(26)46-17-9-7-6-8-16-45-25-13-10-23(11-14-25)19-37-29-40-30(39-24)42-31(41-29)47-22-33(34,35)36/h10-15,18H,6-9,16-17,19-22H2,1-5H3,(H2-,37,38,39,40,41,42,44)/p+1. The number of rotatable bonds is 7. The molecule has 0 atom stereocenters. The first-order chi connectivity index (χ1) is 22.1. The van der Waals surface area contributed by atoms with Crippen LogP contribution in [-0.2, 0) is 6.54 Å². The SMILES string of the molecule is CC(C)(CNC(=O)c1ccc2cc1OCCCCCCOc1ccc(cc1)CNc1nc(nc(OCC(F)(F)F)n1)N2)C[N+](C)(C)C. The van der Waals surface area contributed by atoms with Crippen molar-refractivity contribution < 1.29 is 36.7 Å². The molecule has 1 aromatic heterocycles. The molecule has 5 rings (SSSR count). The van der Waals surface area contributed by atoms with Crippen molar-refractivity contribution >= 4 is 23.5 Å². The minimum Gasteiger partial charge on any atom is -0.494 e. The normalized spacial score (nSPS) is 14.8. The first-order valence-corrected chi connectivity index (χ1v) is 15.7. The number of hydrogen-bond acceptors (Lipinski definition) is 9. The molecule has 3 heterocycles. The molecule has 0 fully saturated rings. The number of quaternary nitrogens is 1. The summed E-state index contributed by atoms with van der Waals surface area (Å²) in [5.41, 5.74) is 1.55. The lowest BCUT2D eigenvalue weighted by Gasteiger charge is -2.34. The summed E-state index contributed by atoms with van der Waals surface area (Å²) in [6.45, 7) is 5.22. The number of nitrogens with zero attached hydrogens (tertiary/aromatic N) is 4. The molecule has 3 aromatic rings. The Labute approximate surface area is 273 Å². The first kappa shape index (κ1) is 35.5. The Morgan fingerprint density at radius 1 is 0.936 bits per heavy atom. The molecule has 6 bridgehead atoms. The van der Waals surface area contributed by atoms with Crippen molar-refractivity contribution in [3.63, 3.8) is 0 Å².